The molecule has 1 aromatic carbocycles. The summed E-state index contributed by atoms with van der Waals surface area (Å²) >= 11 is 3.42. The lowest BCUT2D eigenvalue weighted by atomic mass is 9.97. The number of hydrogen-bond acceptors (Lipinski definition) is 3. The Balaban J connectivity index is 1.49. The smallest absolute Gasteiger partial charge is 0.253 e. The van der Waals surface area contributed by atoms with Crippen LogP contribution in [0.25, 0.3) is 0 Å². The first-order valence-electron chi connectivity index (χ1n) is 8.22. The number of benzene rings is 1. The zero-order valence-corrected chi connectivity index (χ0v) is 15.3. The van der Waals surface area contributed by atoms with E-state index in [1.807, 2.05) is 48.2 Å². The summed E-state index contributed by atoms with van der Waals surface area (Å²) < 4.78 is 6.81. The highest BCUT2D eigenvalue weighted by molar-refractivity contribution is 9.10. The molecule has 1 aliphatic rings. The van der Waals surface area contributed by atoms with Gasteiger partial charge < -0.3 is 9.64 Å². The predicted molar refractivity (Wildman–Crippen MR) is 97.2 cm³/mol. The van der Waals surface area contributed by atoms with Gasteiger partial charge >= 0.3 is 0 Å². The van der Waals surface area contributed by atoms with Crippen LogP contribution >= 0.6 is 15.9 Å². The average Bonchev–Trinajstić information content (AvgIpc) is 2.60. The molecule has 24 heavy (non-hydrogen) atoms. The van der Waals surface area contributed by atoms with Gasteiger partial charge in [0, 0.05) is 41.1 Å². The van der Waals surface area contributed by atoms with Crippen LogP contribution in [-0.4, -0.2) is 35.5 Å². The van der Waals surface area contributed by atoms with Gasteiger partial charge in [0.2, 0.25) is 0 Å². The van der Waals surface area contributed by atoms with Crippen LogP contribution in [0.15, 0.2) is 47.1 Å². The number of halogens is 1. The molecule has 1 saturated heterocycles. The van der Waals surface area contributed by atoms with Crippen molar-refractivity contribution in [3.63, 3.8) is 0 Å². The third kappa shape index (κ3) is 4.35. The lowest BCUT2D eigenvalue weighted by molar-refractivity contribution is 0.0661. The van der Waals surface area contributed by atoms with Crippen molar-refractivity contribution in [2.75, 3.05) is 19.7 Å². The fraction of sp³-hybridized carbons (Fsp3) is 0.368. The van der Waals surface area contributed by atoms with Crippen molar-refractivity contribution in [1.82, 2.24) is 9.88 Å². The van der Waals surface area contributed by atoms with Gasteiger partial charge in [-0.1, -0.05) is 22.0 Å². The first-order chi connectivity index (χ1) is 11.6. The first-order valence-corrected chi connectivity index (χ1v) is 9.01. The number of carbonyl (C=O) groups excluding carboxylic acids is 1. The van der Waals surface area contributed by atoms with Crippen molar-refractivity contribution >= 4 is 21.8 Å². The minimum atomic E-state index is 0.112. The van der Waals surface area contributed by atoms with Crippen molar-refractivity contribution in [3.8, 4) is 5.75 Å². The maximum absolute atomic E-state index is 12.5. The van der Waals surface area contributed by atoms with Crippen molar-refractivity contribution < 1.29 is 9.53 Å². The first kappa shape index (κ1) is 17.0. The van der Waals surface area contributed by atoms with E-state index >= 15 is 0 Å². The van der Waals surface area contributed by atoms with E-state index in [-0.39, 0.29) is 5.91 Å². The molecule has 0 radical (unpaired) electrons. The largest absolute Gasteiger partial charge is 0.493 e. The van der Waals surface area contributed by atoms with Gasteiger partial charge in [0.1, 0.15) is 5.75 Å². The number of piperidine rings is 1. The van der Waals surface area contributed by atoms with Gasteiger partial charge in [-0.25, -0.2) is 0 Å². The molecule has 0 spiro atoms. The number of ether oxygens (including phenoxy) is 1. The molecule has 2 heterocycles. The Hall–Kier alpha value is -1.88. The molecule has 126 valence electrons. The molecule has 2 aromatic rings. The normalized spacial score (nSPS) is 15.3. The maximum Gasteiger partial charge on any atom is 0.253 e. The quantitative estimate of drug-likeness (QED) is 0.791. The van der Waals surface area contributed by atoms with Crippen LogP contribution < -0.4 is 4.74 Å². The second kappa shape index (κ2) is 7.79. The molecule has 1 aromatic heterocycles. The zero-order valence-electron chi connectivity index (χ0n) is 13.7. The van der Waals surface area contributed by atoms with E-state index in [1.54, 1.807) is 6.20 Å². The molecule has 0 bridgehead atoms. The van der Waals surface area contributed by atoms with Gasteiger partial charge in [0.15, 0.2) is 0 Å². The van der Waals surface area contributed by atoms with Gasteiger partial charge in [-0.15, -0.1) is 0 Å². The summed E-state index contributed by atoms with van der Waals surface area (Å²) in [6.45, 7) is 4.23. The highest BCUT2D eigenvalue weighted by Crippen LogP contribution is 2.22. The summed E-state index contributed by atoms with van der Waals surface area (Å²) in [5, 5.41) is 0. The predicted octanol–water partition coefficient (Wildman–Crippen LogP) is 4.08. The van der Waals surface area contributed by atoms with E-state index in [0.717, 1.165) is 47.4 Å². The van der Waals surface area contributed by atoms with Crippen LogP contribution in [-0.2, 0) is 0 Å². The lowest BCUT2D eigenvalue weighted by Gasteiger charge is -2.32. The molecule has 1 amide bonds. The third-order valence-electron chi connectivity index (χ3n) is 4.33. The van der Waals surface area contributed by atoms with Crippen LogP contribution in [0.1, 0.15) is 28.9 Å². The van der Waals surface area contributed by atoms with Crippen molar-refractivity contribution in [1.29, 1.82) is 0 Å². The minimum absolute atomic E-state index is 0.112. The van der Waals surface area contributed by atoms with Gasteiger partial charge in [0.05, 0.1) is 6.61 Å². The molecule has 0 aliphatic carbocycles. The fourth-order valence-electron chi connectivity index (χ4n) is 2.93. The molecule has 0 unspecified atom stereocenters. The summed E-state index contributed by atoms with van der Waals surface area (Å²) in [5.41, 5.74) is 1.70. The van der Waals surface area contributed by atoms with Crippen LogP contribution in [0.2, 0.25) is 0 Å². The van der Waals surface area contributed by atoms with Crippen LogP contribution in [0.3, 0.4) is 0 Å². The van der Waals surface area contributed by atoms with E-state index in [1.165, 1.54) is 0 Å². The monoisotopic (exact) mass is 388 g/mol. The molecule has 0 N–H and O–H groups in total. The number of likely N-dealkylation sites (tertiary alicyclic amines) is 1. The number of pyridine rings is 1. The van der Waals surface area contributed by atoms with Crippen molar-refractivity contribution in [3.05, 3.63) is 58.3 Å². The maximum atomic E-state index is 12.5. The van der Waals surface area contributed by atoms with E-state index in [9.17, 15) is 4.79 Å². The molecule has 1 fully saturated rings. The summed E-state index contributed by atoms with van der Waals surface area (Å²) in [6.07, 6.45) is 3.72. The average molecular weight is 389 g/mol. The van der Waals surface area contributed by atoms with Crippen LogP contribution in [0.5, 0.6) is 5.75 Å². The molecule has 0 atom stereocenters. The molecule has 0 saturated carbocycles. The van der Waals surface area contributed by atoms with Crippen molar-refractivity contribution in [2.45, 2.75) is 19.8 Å². The van der Waals surface area contributed by atoms with Gasteiger partial charge in [-0.3, -0.25) is 9.78 Å². The summed E-state index contributed by atoms with van der Waals surface area (Å²) in [6, 6.07) is 11.4. The highest BCUT2D eigenvalue weighted by atomic mass is 79.9. The second-order valence-electron chi connectivity index (χ2n) is 6.19. The summed E-state index contributed by atoms with van der Waals surface area (Å²) in [7, 11) is 0. The van der Waals surface area contributed by atoms with Gasteiger partial charge in [0.25, 0.3) is 5.91 Å². The zero-order chi connectivity index (χ0) is 16.9. The molecule has 3 rings (SSSR count). The molecule has 1 aliphatic heterocycles. The molecular weight excluding hydrogens is 368 g/mol. The SMILES string of the molecule is Cc1cc(OCC2CCN(C(=O)c3cccc(Br)c3)CC2)ccn1. The number of hydrogen-bond donors (Lipinski definition) is 0. The van der Waals surface area contributed by atoms with Gasteiger partial charge in [-0.2, -0.15) is 0 Å². The van der Waals surface area contributed by atoms with Gasteiger partial charge in [-0.05, 0) is 49.9 Å². The van der Waals surface area contributed by atoms with Crippen molar-refractivity contribution in [2.24, 2.45) is 5.92 Å². The standard InChI is InChI=1S/C19H21BrN2O2/c1-14-11-18(5-8-21-14)24-13-15-6-9-22(10-7-15)19(23)16-3-2-4-17(20)12-16/h2-5,8,11-12,15H,6-7,9-10,13H2,1H3. The summed E-state index contributed by atoms with van der Waals surface area (Å²) in [4.78, 5) is 18.7. The molecule has 5 heteroatoms. The number of aryl methyl sites for hydroxylation is 1. The lowest BCUT2D eigenvalue weighted by Crippen LogP contribution is -2.39. The Kier molecular flexibility index (Phi) is 5.51. The minimum Gasteiger partial charge on any atom is -0.493 e. The van der Waals surface area contributed by atoms with E-state index in [2.05, 4.69) is 20.9 Å². The Morgan fingerprint density at radius 1 is 1.29 bits per heavy atom. The Labute approximate surface area is 151 Å². The number of nitrogens with zero attached hydrogens (tertiary/aromatic N) is 2. The highest BCUT2D eigenvalue weighted by Gasteiger charge is 2.24. The third-order valence-corrected chi connectivity index (χ3v) is 4.82. The summed E-state index contributed by atoms with van der Waals surface area (Å²) in [5.74, 6) is 1.47. The number of rotatable bonds is 4. The number of aromatic nitrogens is 1. The Morgan fingerprint density at radius 3 is 2.79 bits per heavy atom. The number of carbonyl (C=O) groups is 1. The fourth-order valence-corrected chi connectivity index (χ4v) is 3.33. The van der Waals surface area contributed by atoms with E-state index < -0.39 is 0 Å². The number of amides is 1. The molecule has 4 nitrogen and oxygen atoms in total. The second-order valence-corrected chi connectivity index (χ2v) is 7.11. The Bertz CT molecular complexity index is 712. The Morgan fingerprint density at radius 2 is 2.08 bits per heavy atom. The van der Waals surface area contributed by atoms with E-state index in [4.69, 9.17) is 4.74 Å². The molecular formula is C19H21BrN2O2. The van der Waals surface area contributed by atoms with Crippen LogP contribution in [0, 0.1) is 12.8 Å². The topological polar surface area (TPSA) is 42.4 Å². The van der Waals surface area contributed by atoms with E-state index in [0.29, 0.717) is 12.5 Å². The van der Waals surface area contributed by atoms with Crippen LogP contribution in [0.4, 0.5) is 0 Å².